The molecule has 0 radical (unpaired) electrons. The van der Waals surface area contributed by atoms with E-state index in [4.69, 9.17) is 4.74 Å². The second-order valence-electron chi connectivity index (χ2n) is 5.22. The molecule has 1 aliphatic rings. The van der Waals surface area contributed by atoms with E-state index in [9.17, 15) is 0 Å². The van der Waals surface area contributed by atoms with E-state index in [2.05, 4.69) is 66.7 Å². The second-order valence-corrected chi connectivity index (χ2v) is 5.22. The van der Waals surface area contributed by atoms with Gasteiger partial charge in [0.05, 0.1) is 7.05 Å². The van der Waals surface area contributed by atoms with Crippen LogP contribution in [0.5, 0.6) is 5.88 Å². The number of rotatable bonds is 2. The molecule has 0 saturated heterocycles. The zero-order valence-electron chi connectivity index (χ0n) is 11.5. The highest BCUT2D eigenvalue weighted by molar-refractivity contribution is 5.23. The minimum absolute atomic E-state index is 0. The highest BCUT2D eigenvalue weighted by Gasteiger charge is 2.37. The van der Waals surface area contributed by atoms with Crippen molar-refractivity contribution in [2.24, 2.45) is 7.05 Å². The number of hydrogen-bond acceptors (Lipinski definition) is 1. The number of halogens is 1. The highest BCUT2D eigenvalue weighted by Crippen LogP contribution is 2.30. The van der Waals surface area contributed by atoms with Crippen molar-refractivity contribution in [3.8, 4) is 5.88 Å². The third-order valence-electron chi connectivity index (χ3n) is 3.58. The molecule has 19 heavy (non-hydrogen) atoms. The van der Waals surface area contributed by atoms with E-state index in [0.29, 0.717) is 12.0 Å². The normalized spacial score (nSPS) is 16.9. The fourth-order valence-electron chi connectivity index (χ4n) is 2.78. The van der Waals surface area contributed by atoms with Crippen molar-refractivity contribution < 1.29 is 33.3 Å². The topological polar surface area (TPSA) is 18.0 Å². The highest BCUT2D eigenvalue weighted by atomic mass is 127. The van der Waals surface area contributed by atoms with Gasteiger partial charge in [0.2, 0.25) is 6.33 Å². The fourth-order valence-corrected chi connectivity index (χ4v) is 2.78. The van der Waals surface area contributed by atoms with Gasteiger partial charge in [0.25, 0.3) is 0 Å². The summed E-state index contributed by atoms with van der Waals surface area (Å²) < 4.78 is 10.4. The van der Waals surface area contributed by atoms with Gasteiger partial charge in [-0.2, -0.15) is 4.57 Å². The third-order valence-corrected chi connectivity index (χ3v) is 3.58. The standard InChI is InChI=1S/C15H19N2O.HI/c1-11(2)14-15-17(10-16(14)3)13(9-18-15)12-7-5-4-6-8-12;/h4-8,10-11,13H,9H2,1-3H3;1H/q+1;/p-1/t13-;/m0./s1. The molecule has 2 aromatic rings. The molecule has 0 aliphatic carbocycles. The van der Waals surface area contributed by atoms with Crippen LogP contribution in [0, 0.1) is 0 Å². The molecule has 3 rings (SSSR count). The summed E-state index contributed by atoms with van der Waals surface area (Å²) >= 11 is 0. The van der Waals surface area contributed by atoms with Gasteiger partial charge in [-0.1, -0.05) is 44.2 Å². The zero-order valence-corrected chi connectivity index (χ0v) is 13.7. The van der Waals surface area contributed by atoms with Crippen LogP contribution in [0.3, 0.4) is 0 Å². The van der Waals surface area contributed by atoms with Gasteiger partial charge in [-0.05, 0) is 0 Å². The van der Waals surface area contributed by atoms with Crippen LogP contribution >= 0.6 is 0 Å². The SMILES string of the molecule is CC(C)c1c2[n+](cn1C)[C@H](c1ccccc1)CO2.[I-]. The number of aromatic nitrogens is 2. The quantitative estimate of drug-likeness (QED) is 0.511. The molecule has 0 saturated carbocycles. The van der Waals surface area contributed by atoms with Crippen molar-refractivity contribution in [2.75, 3.05) is 6.61 Å². The van der Waals surface area contributed by atoms with Crippen LogP contribution in [0.2, 0.25) is 0 Å². The zero-order chi connectivity index (χ0) is 12.7. The molecule has 0 bridgehead atoms. The number of ether oxygens (including phenoxy) is 1. The predicted octanol–water partition coefficient (Wildman–Crippen LogP) is -0.578. The van der Waals surface area contributed by atoms with E-state index in [-0.39, 0.29) is 24.0 Å². The monoisotopic (exact) mass is 370 g/mol. The molecule has 0 amide bonds. The summed E-state index contributed by atoms with van der Waals surface area (Å²) in [6.45, 7) is 5.14. The summed E-state index contributed by atoms with van der Waals surface area (Å²) in [7, 11) is 2.09. The average molecular weight is 370 g/mol. The Labute approximate surface area is 131 Å². The molecular weight excluding hydrogens is 351 g/mol. The number of hydrogen-bond donors (Lipinski definition) is 0. The number of imidazole rings is 1. The maximum Gasteiger partial charge on any atom is 0.329 e. The number of fused-ring (bicyclic) bond motifs is 1. The summed E-state index contributed by atoms with van der Waals surface area (Å²) in [5.41, 5.74) is 2.58. The van der Waals surface area contributed by atoms with Crippen LogP contribution in [-0.2, 0) is 7.05 Å². The Morgan fingerprint density at radius 3 is 2.58 bits per heavy atom. The summed E-state index contributed by atoms with van der Waals surface area (Å²) in [5.74, 6) is 1.50. The fraction of sp³-hybridized carbons (Fsp3) is 0.400. The summed E-state index contributed by atoms with van der Waals surface area (Å²) in [6, 6.07) is 10.9. The van der Waals surface area contributed by atoms with E-state index in [1.165, 1.54) is 11.3 Å². The molecule has 0 N–H and O–H groups in total. The molecule has 2 heterocycles. The van der Waals surface area contributed by atoms with Crippen LogP contribution < -0.4 is 33.3 Å². The molecule has 1 aliphatic heterocycles. The van der Waals surface area contributed by atoms with Crippen LogP contribution in [0.15, 0.2) is 36.7 Å². The van der Waals surface area contributed by atoms with Crippen LogP contribution in [0.4, 0.5) is 0 Å². The molecule has 1 aromatic carbocycles. The number of nitrogens with zero attached hydrogens (tertiary/aromatic N) is 2. The number of aryl methyl sites for hydroxylation is 1. The lowest BCUT2D eigenvalue weighted by molar-refractivity contribution is -0.695. The van der Waals surface area contributed by atoms with Crippen molar-refractivity contribution in [3.05, 3.63) is 47.9 Å². The van der Waals surface area contributed by atoms with Gasteiger partial charge in [0.15, 0.2) is 11.7 Å². The van der Waals surface area contributed by atoms with Crippen molar-refractivity contribution in [1.29, 1.82) is 0 Å². The Morgan fingerprint density at radius 2 is 1.95 bits per heavy atom. The Kier molecular flexibility index (Phi) is 4.18. The average Bonchev–Trinajstić information content (AvgIpc) is 2.87. The minimum Gasteiger partial charge on any atom is -1.00 e. The predicted molar refractivity (Wildman–Crippen MR) is 69.8 cm³/mol. The van der Waals surface area contributed by atoms with E-state index >= 15 is 0 Å². The van der Waals surface area contributed by atoms with Gasteiger partial charge in [0, 0.05) is 11.5 Å². The lowest BCUT2D eigenvalue weighted by atomic mass is 10.1. The Bertz CT molecular complexity index is 563. The van der Waals surface area contributed by atoms with E-state index in [1.807, 2.05) is 0 Å². The van der Waals surface area contributed by atoms with Gasteiger partial charge in [-0.15, -0.1) is 0 Å². The lowest BCUT2D eigenvalue weighted by Crippen LogP contribution is -3.00. The molecule has 0 unspecified atom stereocenters. The Hall–Kier alpha value is -1.04. The maximum absolute atomic E-state index is 5.92. The summed E-state index contributed by atoms with van der Waals surface area (Å²) in [5, 5.41) is 0. The largest absolute Gasteiger partial charge is 1.00 e. The van der Waals surface area contributed by atoms with Crippen molar-refractivity contribution in [2.45, 2.75) is 25.8 Å². The summed E-state index contributed by atoms with van der Waals surface area (Å²) in [6.07, 6.45) is 2.15. The van der Waals surface area contributed by atoms with Gasteiger partial charge in [-0.3, -0.25) is 0 Å². The Balaban J connectivity index is 0.00000133. The Morgan fingerprint density at radius 1 is 1.26 bits per heavy atom. The van der Waals surface area contributed by atoms with Gasteiger partial charge < -0.3 is 28.7 Å². The number of benzene rings is 1. The summed E-state index contributed by atoms with van der Waals surface area (Å²) in [4.78, 5) is 0. The molecule has 0 spiro atoms. The first-order valence-corrected chi connectivity index (χ1v) is 6.46. The lowest BCUT2D eigenvalue weighted by Gasteiger charge is -2.05. The molecule has 1 aromatic heterocycles. The van der Waals surface area contributed by atoms with Crippen molar-refractivity contribution in [3.63, 3.8) is 0 Å². The maximum atomic E-state index is 5.92. The first-order valence-electron chi connectivity index (χ1n) is 6.46. The molecule has 0 fully saturated rings. The van der Waals surface area contributed by atoms with E-state index < -0.39 is 0 Å². The third kappa shape index (κ3) is 2.38. The first-order chi connectivity index (χ1) is 8.68. The molecular formula is C15H19IN2O. The molecule has 3 nitrogen and oxygen atoms in total. The molecule has 4 heteroatoms. The van der Waals surface area contributed by atoms with Crippen LogP contribution in [0.1, 0.15) is 37.1 Å². The van der Waals surface area contributed by atoms with Crippen molar-refractivity contribution in [1.82, 2.24) is 4.57 Å². The van der Waals surface area contributed by atoms with Crippen LogP contribution in [0.25, 0.3) is 0 Å². The van der Waals surface area contributed by atoms with Crippen molar-refractivity contribution >= 4 is 0 Å². The van der Waals surface area contributed by atoms with Gasteiger partial charge in [-0.25, -0.2) is 4.57 Å². The van der Waals surface area contributed by atoms with E-state index in [0.717, 1.165) is 12.5 Å². The smallest absolute Gasteiger partial charge is 0.329 e. The van der Waals surface area contributed by atoms with E-state index in [1.54, 1.807) is 0 Å². The van der Waals surface area contributed by atoms with Gasteiger partial charge in [0.1, 0.15) is 6.61 Å². The van der Waals surface area contributed by atoms with Crippen LogP contribution in [-0.4, -0.2) is 11.2 Å². The first kappa shape index (κ1) is 14.4. The second kappa shape index (κ2) is 5.53. The van der Waals surface area contributed by atoms with Gasteiger partial charge >= 0.3 is 5.88 Å². The molecule has 102 valence electrons. The minimum atomic E-state index is 0. The molecule has 1 atom stereocenters.